The summed E-state index contributed by atoms with van der Waals surface area (Å²) in [4.78, 5) is 40.3. The van der Waals surface area contributed by atoms with E-state index in [4.69, 9.17) is 30.5 Å². The Hall–Kier alpha value is -4.20. The molecular formula is C28H27ClN3O7+. The number of hydrogen-bond donors (Lipinski definition) is 1. The first-order valence-electron chi connectivity index (χ1n) is 12.3. The van der Waals surface area contributed by atoms with E-state index in [0.29, 0.717) is 33.6 Å². The number of rotatable bonds is 4. The van der Waals surface area contributed by atoms with Gasteiger partial charge in [0, 0.05) is 31.1 Å². The molecule has 0 radical (unpaired) electrons. The largest absolute Gasteiger partial charge is 0.492 e. The lowest BCUT2D eigenvalue weighted by atomic mass is 9.91. The number of benzene rings is 2. The Labute approximate surface area is 230 Å². The van der Waals surface area contributed by atoms with Crippen LogP contribution < -0.4 is 23.8 Å². The fourth-order valence-electron chi connectivity index (χ4n) is 4.87. The Kier molecular flexibility index (Phi) is 7.12. The number of fused-ring (bicyclic) bond motifs is 2. The van der Waals surface area contributed by atoms with Gasteiger partial charge in [0.1, 0.15) is 17.9 Å². The summed E-state index contributed by atoms with van der Waals surface area (Å²) >= 11 is 6.19. The van der Waals surface area contributed by atoms with Gasteiger partial charge in [-0.1, -0.05) is 17.5 Å². The topological polar surface area (TPSA) is 99.1 Å². The molecule has 3 aliphatic rings. The Morgan fingerprint density at radius 1 is 1.15 bits per heavy atom. The van der Waals surface area contributed by atoms with Crippen LogP contribution in [0.4, 0.5) is 4.79 Å². The number of likely N-dealkylation sites (N-methyl/N-ethyl adjacent to an activating group) is 3. The lowest BCUT2D eigenvalue weighted by Crippen LogP contribution is -3.10. The molecule has 1 saturated heterocycles. The quantitative estimate of drug-likeness (QED) is 0.350. The van der Waals surface area contributed by atoms with Gasteiger partial charge < -0.3 is 23.8 Å². The fraction of sp³-hybridized carbons (Fsp3) is 0.321. The highest BCUT2D eigenvalue weighted by Crippen LogP contribution is 2.47. The standard InChI is InChI=1S/C28H26ClN3O7/c1-30-10-9-16-14-22-24(39-15-38-22)25(36-4)23(16)20(30)6-5-11-37-21-8-7-18(29)12-17(21)13-19-26(33)31(2)28(35)32(3)27(19)34/h7-8,12-14,20H,9-11,15H2,1-4H3/p+1. The molecule has 39 heavy (non-hydrogen) atoms. The van der Waals surface area contributed by atoms with Crippen molar-refractivity contribution in [2.24, 2.45) is 0 Å². The van der Waals surface area contributed by atoms with Crippen LogP contribution in [0.15, 0.2) is 29.8 Å². The van der Waals surface area contributed by atoms with Crippen LogP contribution in [-0.2, 0) is 16.0 Å². The normalized spacial score (nSPS) is 19.9. The Morgan fingerprint density at radius 2 is 1.90 bits per heavy atom. The number of nitrogens with zero attached hydrogens (tertiary/aromatic N) is 2. The molecule has 0 aliphatic carbocycles. The second-order valence-corrected chi connectivity index (χ2v) is 9.79. The molecule has 2 unspecified atom stereocenters. The number of urea groups is 1. The van der Waals surface area contributed by atoms with Crippen LogP contribution in [0.3, 0.4) is 0 Å². The van der Waals surface area contributed by atoms with Crippen molar-refractivity contribution >= 4 is 35.5 Å². The Morgan fingerprint density at radius 3 is 2.62 bits per heavy atom. The van der Waals surface area contributed by atoms with Crippen molar-refractivity contribution in [3.8, 4) is 34.8 Å². The van der Waals surface area contributed by atoms with Gasteiger partial charge >= 0.3 is 6.03 Å². The maximum atomic E-state index is 12.6. The third-order valence-corrected chi connectivity index (χ3v) is 7.21. The average molecular weight is 553 g/mol. The van der Waals surface area contributed by atoms with Gasteiger partial charge in [-0.25, -0.2) is 4.79 Å². The molecule has 2 aromatic carbocycles. The molecule has 3 aliphatic heterocycles. The first-order chi connectivity index (χ1) is 18.7. The van der Waals surface area contributed by atoms with Crippen molar-refractivity contribution in [1.29, 1.82) is 0 Å². The number of halogens is 1. The van der Waals surface area contributed by atoms with Gasteiger partial charge in [-0.05, 0) is 41.8 Å². The summed E-state index contributed by atoms with van der Waals surface area (Å²) in [7, 11) is 6.32. The van der Waals surface area contributed by atoms with E-state index in [1.54, 1.807) is 25.3 Å². The minimum Gasteiger partial charge on any atom is -0.492 e. The number of hydrogen-bond acceptors (Lipinski definition) is 7. The summed E-state index contributed by atoms with van der Waals surface area (Å²) in [5, 5.41) is 0.392. The van der Waals surface area contributed by atoms with Crippen LogP contribution in [0.5, 0.6) is 23.0 Å². The molecule has 10 nitrogen and oxygen atoms in total. The summed E-state index contributed by atoms with van der Waals surface area (Å²) in [6.07, 6.45) is 2.24. The number of quaternary nitrogens is 1. The molecule has 1 N–H and O–H groups in total. The van der Waals surface area contributed by atoms with Gasteiger partial charge in [0.05, 0.1) is 26.3 Å². The number of barbiturate groups is 1. The van der Waals surface area contributed by atoms with E-state index in [-0.39, 0.29) is 25.0 Å². The van der Waals surface area contributed by atoms with E-state index < -0.39 is 17.8 Å². The van der Waals surface area contributed by atoms with Crippen LogP contribution >= 0.6 is 11.6 Å². The smallest absolute Gasteiger partial charge is 0.333 e. The minimum absolute atomic E-state index is 0.0456. The van der Waals surface area contributed by atoms with Crippen molar-refractivity contribution in [3.63, 3.8) is 0 Å². The lowest BCUT2D eigenvalue weighted by molar-refractivity contribution is -0.905. The third kappa shape index (κ3) is 4.75. The number of ether oxygens (including phenoxy) is 4. The molecule has 5 rings (SSSR count). The lowest BCUT2D eigenvalue weighted by Gasteiger charge is -2.30. The summed E-state index contributed by atoms with van der Waals surface area (Å²) in [6.45, 7) is 1.09. The van der Waals surface area contributed by atoms with E-state index in [2.05, 4.69) is 18.9 Å². The van der Waals surface area contributed by atoms with Gasteiger partial charge in [0.25, 0.3) is 11.8 Å². The summed E-state index contributed by atoms with van der Waals surface area (Å²) in [5.41, 5.74) is 2.33. The van der Waals surface area contributed by atoms with Crippen LogP contribution in [0.2, 0.25) is 5.02 Å². The second kappa shape index (κ2) is 10.5. The summed E-state index contributed by atoms with van der Waals surface area (Å²) in [5.74, 6) is 7.32. The molecule has 3 heterocycles. The van der Waals surface area contributed by atoms with Crippen molar-refractivity contribution in [2.75, 3.05) is 48.2 Å². The summed E-state index contributed by atoms with van der Waals surface area (Å²) < 4.78 is 22.9. The molecule has 2 aromatic rings. The number of nitrogens with one attached hydrogen (secondary N) is 1. The average Bonchev–Trinajstić information content (AvgIpc) is 3.40. The van der Waals surface area contributed by atoms with E-state index in [0.717, 1.165) is 33.9 Å². The zero-order chi connectivity index (χ0) is 27.8. The highest BCUT2D eigenvalue weighted by atomic mass is 35.5. The molecule has 202 valence electrons. The van der Waals surface area contributed by atoms with Gasteiger partial charge in [-0.3, -0.25) is 19.4 Å². The molecular weight excluding hydrogens is 526 g/mol. The van der Waals surface area contributed by atoms with E-state index in [9.17, 15) is 14.4 Å². The van der Waals surface area contributed by atoms with Crippen LogP contribution in [0, 0.1) is 11.8 Å². The van der Waals surface area contributed by atoms with Crippen molar-refractivity contribution < 1.29 is 38.2 Å². The molecule has 11 heteroatoms. The van der Waals surface area contributed by atoms with Crippen molar-refractivity contribution in [2.45, 2.75) is 12.5 Å². The minimum atomic E-state index is -0.703. The zero-order valence-corrected chi connectivity index (χ0v) is 22.7. The fourth-order valence-corrected chi connectivity index (χ4v) is 5.05. The maximum absolute atomic E-state index is 12.6. The molecule has 4 amide bonds. The number of imide groups is 2. The molecule has 0 bridgehead atoms. The maximum Gasteiger partial charge on any atom is 0.333 e. The first kappa shape index (κ1) is 26.4. The van der Waals surface area contributed by atoms with Crippen molar-refractivity contribution in [1.82, 2.24) is 9.80 Å². The monoisotopic (exact) mass is 552 g/mol. The second-order valence-electron chi connectivity index (χ2n) is 9.36. The van der Waals surface area contributed by atoms with Gasteiger partial charge in [-0.15, -0.1) is 0 Å². The van der Waals surface area contributed by atoms with Gasteiger partial charge in [-0.2, -0.15) is 0 Å². The predicted octanol–water partition coefficient (Wildman–Crippen LogP) is 1.71. The Balaban J connectivity index is 1.40. The molecule has 0 saturated carbocycles. The van der Waals surface area contributed by atoms with Crippen molar-refractivity contribution in [3.05, 3.63) is 51.6 Å². The van der Waals surface area contributed by atoms with Gasteiger partial charge in [0.2, 0.25) is 12.5 Å². The highest BCUT2D eigenvalue weighted by molar-refractivity contribution is 6.32. The zero-order valence-electron chi connectivity index (χ0n) is 21.9. The Bertz CT molecular complexity index is 1450. The van der Waals surface area contributed by atoms with Crippen LogP contribution in [0.25, 0.3) is 6.08 Å². The van der Waals surface area contributed by atoms with Crippen LogP contribution in [-0.4, -0.2) is 75.8 Å². The van der Waals surface area contributed by atoms with Gasteiger partial charge in [0.15, 0.2) is 17.5 Å². The SMILES string of the molecule is COc1c2c(cc3c1C(C#CCOc1ccc(Cl)cc1C=C1C(=O)N(C)C(=O)N(C)C1=O)[NH+](C)CC3)OCO2. The number of carbonyl (C=O) groups is 3. The first-order valence-corrected chi connectivity index (χ1v) is 12.6. The van der Waals surface area contributed by atoms with Crippen LogP contribution in [0.1, 0.15) is 22.7 Å². The summed E-state index contributed by atoms with van der Waals surface area (Å²) in [6, 6.07) is 6.00. The van der Waals surface area contributed by atoms with E-state index >= 15 is 0 Å². The molecule has 1 fully saturated rings. The predicted molar refractivity (Wildman–Crippen MR) is 141 cm³/mol. The molecule has 0 spiro atoms. The number of methoxy groups -OCH3 is 1. The van der Waals surface area contributed by atoms with E-state index in [1.807, 2.05) is 6.07 Å². The van der Waals surface area contributed by atoms with E-state index in [1.165, 1.54) is 25.1 Å². The highest BCUT2D eigenvalue weighted by Gasteiger charge is 2.38. The molecule has 2 atom stereocenters. The molecule has 0 aromatic heterocycles. The number of carbonyl (C=O) groups excluding carboxylic acids is 3. The number of amides is 4. The third-order valence-electron chi connectivity index (χ3n) is 6.98.